The van der Waals surface area contributed by atoms with Gasteiger partial charge in [-0.15, -0.1) is 0 Å². The fourth-order valence-corrected chi connectivity index (χ4v) is 2.34. The Labute approximate surface area is 109 Å². The molecule has 1 aliphatic heterocycles. The van der Waals surface area contributed by atoms with Crippen LogP contribution in [0.15, 0.2) is 0 Å². The summed E-state index contributed by atoms with van der Waals surface area (Å²) in [5, 5.41) is 11.8. The second-order valence-electron chi connectivity index (χ2n) is 5.20. The summed E-state index contributed by atoms with van der Waals surface area (Å²) in [6, 6.07) is -0.956. The van der Waals surface area contributed by atoms with E-state index in [4.69, 9.17) is 5.11 Å². The van der Waals surface area contributed by atoms with Crippen molar-refractivity contribution in [1.29, 1.82) is 0 Å². The van der Waals surface area contributed by atoms with Crippen molar-refractivity contribution in [2.75, 3.05) is 13.6 Å². The summed E-state index contributed by atoms with van der Waals surface area (Å²) >= 11 is 0. The lowest BCUT2D eigenvalue weighted by Crippen LogP contribution is -2.53. The highest BCUT2D eigenvalue weighted by atomic mass is 16.4. The highest BCUT2D eigenvalue weighted by molar-refractivity contribution is 5.87. The number of carbonyl (C=O) groups excluding carboxylic acids is 1. The minimum Gasteiger partial charge on any atom is -0.480 e. The van der Waals surface area contributed by atoms with E-state index in [1.54, 1.807) is 0 Å². The molecule has 0 aromatic rings. The average Bonchev–Trinajstić information content (AvgIpc) is 2.35. The molecule has 0 unspecified atom stereocenters. The average molecular weight is 256 g/mol. The van der Waals surface area contributed by atoms with E-state index in [9.17, 15) is 9.59 Å². The van der Waals surface area contributed by atoms with Crippen molar-refractivity contribution >= 4 is 11.9 Å². The number of hydrogen-bond acceptors (Lipinski definition) is 3. The normalized spacial score (nSPS) is 24.3. The molecular formula is C13H24N2O3. The maximum Gasteiger partial charge on any atom is 0.326 e. The molecule has 1 fully saturated rings. The van der Waals surface area contributed by atoms with Gasteiger partial charge in [0.15, 0.2) is 0 Å². The first-order valence-electron chi connectivity index (χ1n) is 6.70. The van der Waals surface area contributed by atoms with E-state index in [1.807, 2.05) is 25.8 Å². The maximum absolute atomic E-state index is 12.1. The van der Waals surface area contributed by atoms with E-state index in [-0.39, 0.29) is 17.9 Å². The predicted molar refractivity (Wildman–Crippen MR) is 69.3 cm³/mol. The molecule has 0 aromatic heterocycles. The van der Waals surface area contributed by atoms with Crippen LogP contribution in [0.4, 0.5) is 0 Å². The molecule has 0 saturated carbocycles. The van der Waals surface area contributed by atoms with Gasteiger partial charge in [0.05, 0.1) is 6.04 Å². The van der Waals surface area contributed by atoms with E-state index in [2.05, 4.69) is 5.32 Å². The molecule has 5 nitrogen and oxygen atoms in total. The third kappa shape index (κ3) is 3.70. The second kappa shape index (κ2) is 6.73. The molecule has 0 aromatic carbocycles. The summed E-state index contributed by atoms with van der Waals surface area (Å²) in [5.74, 6) is -1.15. The first kappa shape index (κ1) is 15.0. The van der Waals surface area contributed by atoms with Gasteiger partial charge < -0.3 is 10.4 Å². The minimum absolute atomic E-state index is 0.0552. The van der Waals surface area contributed by atoms with Gasteiger partial charge in [-0.25, -0.2) is 4.79 Å². The predicted octanol–water partition coefficient (Wildman–Crippen LogP) is 1.09. The number of hydrogen-bond donors (Lipinski definition) is 2. The fraction of sp³-hybridized carbons (Fsp3) is 0.846. The van der Waals surface area contributed by atoms with Crippen LogP contribution in [0, 0.1) is 5.92 Å². The number of carbonyl (C=O) groups is 2. The standard InChI is InChI=1S/C13H24N2O3/c1-4-9(2)11(13(17)18)14-12(16)10-7-5-6-8-15(10)3/h9-11H,4-8H2,1-3H3,(H,14,16)(H,17,18)/t9-,10+,11-/m0/s1. The summed E-state index contributed by atoms with van der Waals surface area (Å²) in [6.07, 6.45) is 3.68. The van der Waals surface area contributed by atoms with E-state index in [0.29, 0.717) is 0 Å². The Morgan fingerprint density at radius 2 is 2.11 bits per heavy atom. The Morgan fingerprint density at radius 3 is 2.61 bits per heavy atom. The molecule has 1 amide bonds. The number of aliphatic carboxylic acids is 1. The molecular weight excluding hydrogens is 232 g/mol. The molecule has 104 valence electrons. The van der Waals surface area contributed by atoms with Crippen molar-refractivity contribution in [3.05, 3.63) is 0 Å². The lowest BCUT2D eigenvalue weighted by Gasteiger charge is -2.32. The van der Waals surface area contributed by atoms with Crippen LogP contribution in [0.25, 0.3) is 0 Å². The summed E-state index contributed by atoms with van der Waals surface area (Å²) in [5.41, 5.74) is 0. The van der Waals surface area contributed by atoms with Crippen LogP contribution in [-0.4, -0.2) is 47.6 Å². The van der Waals surface area contributed by atoms with Crippen molar-refractivity contribution in [1.82, 2.24) is 10.2 Å². The molecule has 0 spiro atoms. The zero-order chi connectivity index (χ0) is 13.7. The Bertz CT molecular complexity index is 307. The number of amides is 1. The summed E-state index contributed by atoms with van der Waals surface area (Å²) in [7, 11) is 1.92. The third-order valence-electron chi connectivity index (χ3n) is 3.85. The van der Waals surface area contributed by atoms with Crippen LogP contribution < -0.4 is 5.32 Å². The van der Waals surface area contributed by atoms with Gasteiger partial charge in [-0.2, -0.15) is 0 Å². The topological polar surface area (TPSA) is 69.6 Å². The quantitative estimate of drug-likeness (QED) is 0.772. The molecule has 1 aliphatic rings. The highest BCUT2D eigenvalue weighted by Crippen LogP contribution is 2.16. The Kier molecular flexibility index (Phi) is 5.59. The highest BCUT2D eigenvalue weighted by Gasteiger charge is 2.31. The number of likely N-dealkylation sites (N-methyl/N-ethyl adjacent to an activating group) is 1. The lowest BCUT2D eigenvalue weighted by atomic mass is 9.97. The van der Waals surface area contributed by atoms with Gasteiger partial charge in [0.1, 0.15) is 6.04 Å². The van der Waals surface area contributed by atoms with Crippen molar-refractivity contribution in [3.63, 3.8) is 0 Å². The van der Waals surface area contributed by atoms with Crippen LogP contribution in [0.1, 0.15) is 39.5 Å². The van der Waals surface area contributed by atoms with E-state index in [0.717, 1.165) is 32.2 Å². The van der Waals surface area contributed by atoms with E-state index < -0.39 is 12.0 Å². The number of likely N-dealkylation sites (tertiary alicyclic amines) is 1. The summed E-state index contributed by atoms with van der Waals surface area (Å²) in [6.45, 7) is 4.68. The van der Waals surface area contributed by atoms with Gasteiger partial charge in [-0.05, 0) is 32.4 Å². The molecule has 0 aliphatic carbocycles. The number of carboxylic acid groups (broad SMARTS) is 1. The van der Waals surface area contributed by atoms with Crippen molar-refractivity contribution in [2.24, 2.45) is 5.92 Å². The number of nitrogens with one attached hydrogen (secondary N) is 1. The van der Waals surface area contributed by atoms with Crippen molar-refractivity contribution in [3.8, 4) is 0 Å². The number of carboxylic acids is 1. The van der Waals surface area contributed by atoms with Crippen LogP contribution in [-0.2, 0) is 9.59 Å². The lowest BCUT2D eigenvalue weighted by molar-refractivity contribution is -0.144. The number of nitrogens with zero attached hydrogens (tertiary/aromatic N) is 1. The van der Waals surface area contributed by atoms with Gasteiger partial charge >= 0.3 is 5.97 Å². The fourth-order valence-electron chi connectivity index (χ4n) is 2.34. The maximum atomic E-state index is 12.1. The monoisotopic (exact) mass is 256 g/mol. The number of rotatable bonds is 5. The molecule has 1 saturated heterocycles. The van der Waals surface area contributed by atoms with Gasteiger partial charge in [0.2, 0.25) is 5.91 Å². The smallest absolute Gasteiger partial charge is 0.326 e. The summed E-state index contributed by atoms with van der Waals surface area (Å²) < 4.78 is 0. The second-order valence-corrected chi connectivity index (χ2v) is 5.20. The molecule has 0 bridgehead atoms. The minimum atomic E-state index is -0.948. The van der Waals surface area contributed by atoms with Crippen LogP contribution >= 0.6 is 0 Å². The molecule has 0 radical (unpaired) electrons. The Hall–Kier alpha value is -1.10. The van der Waals surface area contributed by atoms with Crippen molar-refractivity contribution < 1.29 is 14.7 Å². The Morgan fingerprint density at radius 1 is 1.44 bits per heavy atom. The molecule has 1 rings (SSSR count). The van der Waals surface area contributed by atoms with Gasteiger partial charge in [0.25, 0.3) is 0 Å². The van der Waals surface area contributed by atoms with Gasteiger partial charge in [-0.1, -0.05) is 26.7 Å². The zero-order valence-corrected chi connectivity index (χ0v) is 11.5. The SMILES string of the molecule is CC[C@H](C)[C@H](NC(=O)[C@H]1CCCCN1C)C(=O)O. The molecule has 5 heteroatoms. The molecule has 1 heterocycles. The zero-order valence-electron chi connectivity index (χ0n) is 11.5. The molecule has 3 atom stereocenters. The van der Waals surface area contributed by atoms with Crippen molar-refractivity contribution in [2.45, 2.75) is 51.6 Å². The third-order valence-corrected chi connectivity index (χ3v) is 3.85. The first-order chi connectivity index (χ1) is 8.47. The first-order valence-corrected chi connectivity index (χ1v) is 6.70. The van der Waals surface area contributed by atoms with Gasteiger partial charge in [0, 0.05) is 0 Å². The number of piperidine rings is 1. The van der Waals surface area contributed by atoms with Gasteiger partial charge in [-0.3, -0.25) is 9.69 Å². The van der Waals surface area contributed by atoms with E-state index >= 15 is 0 Å². The van der Waals surface area contributed by atoms with Crippen LogP contribution in [0.2, 0.25) is 0 Å². The molecule has 2 N–H and O–H groups in total. The van der Waals surface area contributed by atoms with E-state index in [1.165, 1.54) is 0 Å². The van der Waals surface area contributed by atoms with Crippen LogP contribution in [0.5, 0.6) is 0 Å². The Balaban J connectivity index is 2.63. The van der Waals surface area contributed by atoms with Crippen LogP contribution in [0.3, 0.4) is 0 Å². The summed E-state index contributed by atoms with van der Waals surface area (Å²) in [4.78, 5) is 25.3. The molecule has 18 heavy (non-hydrogen) atoms. The largest absolute Gasteiger partial charge is 0.480 e.